The maximum atomic E-state index is 12.8. The molecule has 2 aromatic carbocycles. The quantitative estimate of drug-likeness (QED) is 0.570. The summed E-state index contributed by atoms with van der Waals surface area (Å²) in [7, 11) is -3.64. The van der Waals surface area contributed by atoms with E-state index >= 15 is 0 Å². The molecule has 0 unspecified atom stereocenters. The lowest BCUT2D eigenvalue weighted by atomic mass is 10.1. The second kappa shape index (κ2) is 7.44. The molecule has 2 aromatic rings. The molecule has 0 bridgehead atoms. The zero-order valence-corrected chi connectivity index (χ0v) is 15.7. The van der Waals surface area contributed by atoms with E-state index in [1.54, 1.807) is 36.4 Å². The maximum absolute atomic E-state index is 12.8. The van der Waals surface area contributed by atoms with Gasteiger partial charge in [-0.3, -0.25) is 9.59 Å². The number of nitrogens with one attached hydrogen (secondary N) is 2. The molecule has 0 radical (unpaired) electrons. The third-order valence-corrected chi connectivity index (χ3v) is 6.68. The van der Waals surface area contributed by atoms with Crippen LogP contribution in [-0.2, 0) is 14.8 Å². The number of nitrogens with zero attached hydrogens (tertiary/aromatic N) is 1. The fourth-order valence-corrected chi connectivity index (χ4v) is 4.75. The maximum Gasteiger partial charge on any atom is 0.243 e. The molecule has 146 valence electrons. The Morgan fingerprint density at radius 2 is 1.57 bits per heavy atom. The van der Waals surface area contributed by atoms with E-state index in [2.05, 4.69) is 10.9 Å². The van der Waals surface area contributed by atoms with E-state index in [4.69, 9.17) is 4.74 Å². The van der Waals surface area contributed by atoms with E-state index in [9.17, 15) is 18.0 Å². The lowest BCUT2D eigenvalue weighted by molar-refractivity contribution is 0.0730. The number of rotatable bonds is 5. The molecule has 8 nitrogen and oxygen atoms in total. The number of anilines is 1. The fraction of sp³-hybridized carbons (Fsp3) is 0.263. The summed E-state index contributed by atoms with van der Waals surface area (Å²) >= 11 is 0. The molecule has 4 rings (SSSR count). The van der Waals surface area contributed by atoms with Gasteiger partial charge in [0.25, 0.3) is 0 Å². The molecule has 2 aliphatic rings. The first-order valence-corrected chi connectivity index (χ1v) is 10.3. The van der Waals surface area contributed by atoms with Gasteiger partial charge >= 0.3 is 0 Å². The second-order valence-electron chi connectivity index (χ2n) is 6.52. The number of carbonyl (C=O) groups excluding carboxylic acids is 2. The van der Waals surface area contributed by atoms with Crippen LogP contribution >= 0.6 is 0 Å². The van der Waals surface area contributed by atoms with Gasteiger partial charge in [-0.1, -0.05) is 30.3 Å². The van der Waals surface area contributed by atoms with Crippen LogP contribution < -0.4 is 10.9 Å². The van der Waals surface area contributed by atoms with Crippen LogP contribution in [0.1, 0.15) is 20.7 Å². The van der Waals surface area contributed by atoms with Crippen molar-refractivity contribution in [2.75, 3.05) is 31.7 Å². The number of hydrogen-bond acceptors (Lipinski definition) is 7. The normalized spacial score (nSPS) is 18.3. The van der Waals surface area contributed by atoms with Crippen LogP contribution in [0.3, 0.4) is 0 Å². The second-order valence-corrected chi connectivity index (χ2v) is 8.46. The van der Waals surface area contributed by atoms with E-state index in [1.165, 1.54) is 16.4 Å². The van der Waals surface area contributed by atoms with Crippen molar-refractivity contribution in [1.82, 2.24) is 9.73 Å². The third kappa shape index (κ3) is 3.33. The molecule has 2 N–H and O–H groups in total. The van der Waals surface area contributed by atoms with Crippen molar-refractivity contribution >= 4 is 27.3 Å². The number of sulfonamides is 1. The van der Waals surface area contributed by atoms with Crippen molar-refractivity contribution in [1.29, 1.82) is 0 Å². The van der Waals surface area contributed by atoms with Crippen LogP contribution in [0.15, 0.2) is 53.4 Å². The highest BCUT2D eigenvalue weighted by Crippen LogP contribution is 2.23. The molecule has 28 heavy (non-hydrogen) atoms. The highest BCUT2D eigenvalue weighted by molar-refractivity contribution is 7.89. The minimum atomic E-state index is -3.64. The largest absolute Gasteiger partial charge is 0.379 e. The number of carbonyl (C=O) groups is 2. The van der Waals surface area contributed by atoms with Crippen LogP contribution in [0, 0.1) is 0 Å². The molecule has 0 amide bonds. The van der Waals surface area contributed by atoms with Crippen LogP contribution in [0.2, 0.25) is 0 Å². The van der Waals surface area contributed by atoms with E-state index in [0.29, 0.717) is 43.1 Å². The summed E-state index contributed by atoms with van der Waals surface area (Å²) in [5, 5.41) is 0. The summed E-state index contributed by atoms with van der Waals surface area (Å²) in [4.78, 5) is 25.0. The predicted molar refractivity (Wildman–Crippen MR) is 102 cm³/mol. The molecule has 0 atom stereocenters. The Morgan fingerprint density at radius 3 is 2.21 bits per heavy atom. The lowest BCUT2D eigenvalue weighted by Gasteiger charge is -2.26. The zero-order valence-electron chi connectivity index (χ0n) is 14.9. The average molecular weight is 401 g/mol. The number of ketones is 2. The summed E-state index contributed by atoms with van der Waals surface area (Å²) in [6.45, 7) is 1.35. The van der Waals surface area contributed by atoms with Crippen molar-refractivity contribution < 1.29 is 22.7 Å². The number of morpholine rings is 1. The molecule has 9 heteroatoms. The van der Waals surface area contributed by atoms with Gasteiger partial charge in [-0.25, -0.2) is 13.8 Å². The van der Waals surface area contributed by atoms with Crippen LogP contribution in [0.25, 0.3) is 0 Å². The van der Waals surface area contributed by atoms with Gasteiger partial charge in [-0.15, -0.1) is 0 Å². The van der Waals surface area contributed by atoms with Crippen molar-refractivity contribution in [2.45, 2.75) is 10.9 Å². The standard InChI is InChI=1S/C19H19N3O5S/c23-18-15-6-1-2-7-16(15)19(24)17(18)21-20-13-4-3-5-14(12-13)28(25,26)22-8-10-27-11-9-22/h1-7,12,17,20-21H,8-11H2. The number of ether oxygens (including phenoxy) is 1. The van der Waals surface area contributed by atoms with Gasteiger partial charge in [0.1, 0.15) is 0 Å². The minimum Gasteiger partial charge on any atom is -0.379 e. The molecule has 1 fully saturated rings. The average Bonchev–Trinajstić information content (AvgIpc) is 2.98. The molecule has 1 aliphatic heterocycles. The smallest absolute Gasteiger partial charge is 0.243 e. The van der Waals surface area contributed by atoms with Crippen LogP contribution in [0.4, 0.5) is 5.69 Å². The monoisotopic (exact) mass is 401 g/mol. The first kappa shape index (κ1) is 18.8. The first-order chi connectivity index (χ1) is 13.5. The van der Waals surface area contributed by atoms with E-state index in [0.717, 1.165) is 0 Å². The number of hydrazine groups is 1. The summed E-state index contributed by atoms with van der Waals surface area (Å²) in [5.41, 5.74) is 6.73. The van der Waals surface area contributed by atoms with Gasteiger partial charge in [0.15, 0.2) is 17.6 Å². The van der Waals surface area contributed by atoms with E-state index in [1.807, 2.05) is 0 Å². The molecule has 0 aromatic heterocycles. The molecular weight excluding hydrogens is 382 g/mol. The Bertz CT molecular complexity index is 996. The Balaban J connectivity index is 1.49. The Hall–Kier alpha value is -2.59. The predicted octanol–water partition coefficient (Wildman–Crippen LogP) is 1.07. The molecule has 0 spiro atoms. The van der Waals surface area contributed by atoms with Gasteiger partial charge in [-0.2, -0.15) is 4.31 Å². The summed E-state index contributed by atoms with van der Waals surface area (Å²) in [5.74, 6) is -0.629. The zero-order chi connectivity index (χ0) is 19.7. The number of Topliss-reactive ketones (excluding diaryl/α,β-unsaturated/α-hetero) is 2. The Morgan fingerprint density at radius 1 is 0.929 bits per heavy atom. The third-order valence-electron chi connectivity index (χ3n) is 4.79. The van der Waals surface area contributed by atoms with Crippen molar-refractivity contribution in [3.05, 3.63) is 59.7 Å². The van der Waals surface area contributed by atoms with Crippen molar-refractivity contribution in [3.63, 3.8) is 0 Å². The topological polar surface area (TPSA) is 105 Å². The highest BCUT2D eigenvalue weighted by Gasteiger charge is 2.38. The van der Waals surface area contributed by atoms with E-state index < -0.39 is 16.1 Å². The summed E-state index contributed by atoms with van der Waals surface area (Å²) < 4.78 is 32.1. The molecule has 1 heterocycles. The highest BCUT2D eigenvalue weighted by atomic mass is 32.2. The first-order valence-electron chi connectivity index (χ1n) is 8.85. The minimum absolute atomic E-state index is 0.133. The van der Waals surface area contributed by atoms with Gasteiger partial charge in [0, 0.05) is 24.2 Å². The van der Waals surface area contributed by atoms with Gasteiger partial charge in [-0.05, 0) is 18.2 Å². The number of hydrogen-bond donors (Lipinski definition) is 2. The Labute approximate surface area is 162 Å². The SMILES string of the molecule is O=C1c2ccccc2C(=O)C1NNc1cccc(S(=O)(=O)N2CCOCC2)c1. The van der Waals surface area contributed by atoms with Crippen LogP contribution in [0.5, 0.6) is 0 Å². The Kier molecular flexibility index (Phi) is 4.98. The number of fused-ring (bicyclic) bond motifs is 1. The molecule has 1 saturated heterocycles. The van der Waals surface area contributed by atoms with Crippen molar-refractivity contribution in [3.8, 4) is 0 Å². The molecule has 1 aliphatic carbocycles. The van der Waals surface area contributed by atoms with Gasteiger partial charge < -0.3 is 10.2 Å². The van der Waals surface area contributed by atoms with Gasteiger partial charge in [0.05, 0.1) is 23.8 Å². The lowest BCUT2D eigenvalue weighted by Crippen LogP contribution is -2.42. The molecular formula is C19H19N3O5S. The van der Waals surface area contributed by atoms with Gasteiger partial charge in [0.2, 0.25) is 10.0 Å². The summed E-state index contributed by atoms with van der Waals surface area (Å²) in [6, 6.07) is 11.8. The summed E-state index contributed by atoms with van der Waals surface area (Å²) in [6.07, 6.45) is 0. The van der Waals surface area contributed by atoms with Crippen LogP contribution in [-0.4, -0.2) is 56.6 Å². The van der Waals surface area contributed by atoms with E-state index in [-0.39, 0.29) is 16.5 Å². The van der Waals surface area contributed by atoms with Crippen molar-refractivity contribution in [2.24, 2.45) is 0 Å². The molecule has 0 saturated carbocycles. The number of benzene rings is 2. The fourth-order valence-electron chi connectivity index (χ4n) is 3.30.